The second kappa shape index (κ2) is 7.57. The first-order valence-corrected chi connectivity index (χ1v) is 10.9. The van der Waals surface area contributed by atoms with Gasteiger partial charge in [-0.25, -0.2) is 4.68 Å². The highest BCUT2D eigenvalue weighted by molar-refractivity contribution is 5.79. The van der Waals surface area contributed by atoms with Gasteiger partial charge in [0.25, 0.3) is 0 Å². The van der Waals surface area contributed by atoms with Gasteiger partial charge in [-0.05, 0) is 30.9 Å². The smallest absolute Gasteiger partial charge is 0.229 e. The predicted molar refractivity (Wildman–Crippen MR) is 104 cm³/mol. The average Bonchev–Trinajstić information content (AvgIpc) is 3.49. The molecule has 5 heterocycles. The van der Waals surface area contributed by atoms with Gasteiger partial charge in [0.1, 0.15) is 23.1 Å². The number of fused-ring (bicyclic) bond motifs is 3. The SMILES string of the molecule is O=C(NCc1ccco1)[C@H]1C[NH+]2CC[C@H]1C[C@@H]2Cn1cc(C2(O)CCCC2)nn1. The molecule has 0 aromatic carbocycles. The van der Waals surface area contributed by atoms with E-state index in [2.05, 4.69) is 15.6 Å². The molecule has 0 spiro atoms. The third-order valence-corrected chi connectivity index (χ3v) is 7.26. The van der Waals surface area contributed by atoms with E-state index in [1.807, 2.05) is 23.0 Å². The van der Waals surface area contributed by atoms with Gasteiger partial charge < -0.3 is 19.7 Å². The van der Waals surface area contributed by atoms with Gasteiger partial charge in [-0.3, -0.25) is 4.79 Å². The molecule has 29 heavy (non-hydrogen) atoms. The Morgan fingerprint density at radius 2 is 2.28 bits per heavy atom. The first-order valence-electron chi connectivity index (χ1n) is 10.9. The van der Waals surface area contributed by atoms with Crippen LogP contribution in [0.1, 0.15) is 50.0 Å². The fourth-order valence-corrected chi connectivity index (χ4v) is 5.58. The summed E-state index contributed by atoms with van der Waals surface area (Å²) in [6, 6.07) is 4.17. The molecule has 8 heteroatoms. The van der Waals surface area contributed by atoms with Crippen LogP contribution in [0.3, 0.4) is 0 Å². The van der Waals surface area contributed by atoms with Crippen LogP contribution in [0.15, 0.2) is 29.0 Å². The fourth-order valence-electron chi connectivity index (χ4n) is 5.58. The topological polar surface area (TPSA) is 97.6 Å². The summed E-state index contributed by atoms with van der Waals surface area (Å²) in [6.45, 7) is 3.25. The number of rotatable bonds is 6. The highest BCUT2D eigenvalue weighted by Crippen LogP contribution is 2.37. The molecule has 4 atom stereocenters. The predicted octanol–water partition coefficient (Wildman–Crippen LogP) is 0.242. The number of amides is 1. The Hall–Kier alpha value is -2.19. The van der Waals surface area contributed by atoms with E-state index >= 15 is 0 Å². The van der Waals surface area contributed by atoms with Crippen LogP contribution in [0.4, 0.5) is 0 Å². The highest BCUT2D eigenvalue weighted by atomic mass is 16.3. The molecule has 6 rings (SSSR count). The lowest BCUT2D eigenvalue weighted by Crippen LogP contribution is -3.20. The van der Waals surface area contributed by atoms with Crippen molar-refractivity contribution in [2.45, 2.75) is 63.3 Å². The van der Waals surface area contributed by atoms with Gasteiger partial charge >= 0.3 is 0 Å². The van der Waals surface area contributed by atoms with Crippen LogP contribution in [0, 0.1) is 11.8 Å². The van der Waals surface area contributed by atoms with E-state index in [-0.39, 0.29) is 11.8 Å². The Balaban J connectivity index is 1.18. The first-order chi connectivity index (χ1) is 14.1. The number of nitrogens with one attached hydrogen (secondary N) is 2. The van der Waals surface area contributed by atoms with Crippen LogP contribution in [0.2, 0.25) is 0 Å². The molecule has 1 unspecified atom stereocenters. The highest BCUT2D eigenvalue weighted by Gasteiger charge is 2.46. The maximum Gasteiger partial charge on any atom is 0.229 e. The van der Waals surface area contributed by atoms with Gasteiger partial charge in [-0.15, -0.1) is 5.10 Å². The minimum atomic E-state index is -0.784. The van der Waals surface area contributed by atoms with E-state index < -0.39 is 5.60 Å². The number of aliphatic hydroxyl groups is 1. The molecule has 1 aliphatic carbocycles. The molecular formula is C21H30N5O3+. The zero-order valence-corrected chi connectivity index (χ0v) is 16.7. The van der Waals surface area contributed by atoms with Gasteiger partial charge in [-0.1, -0.05) is 18.1 Å². The number of nitrogens with zero attached hydrogens (tertiary/aromatic N) is 3. The van der Waals surface area contributed by atoms with Gasteiger partial charge in [0.15, 0.2) is 0 Å². The van der Waals surface area contributed by atoms with Crippen molar-refractivity contribution in [3.8, 4) is 0 Å². The van der Waals surface area contributed by atoms with Crippen molar-refractivity contribution >= 4 is 5.91 Å². The minimum Gasteiger partial charge on any atom is -0.467 e. The maximum absolute atomic E-state index is 12.7. The maximum atomic E-state index is 12.7. The number of aromatic nitrogens is 3. The Labute approximate surface area is 170 Å². The minimum absolute atomic E-state index is 0.0791. The molecule has 3 N–H and O–H groups in total. The summed E-state index contributed by atoms with van der Waals surface area (Å²) in [5.41, 5.74) is -0.0649. The van der Waals surface area contributed by atoms with E-state index in [0.29, 0.717) is 18.5 Å². The summed E-state index contributed by atoms with van der Waals surface area (Å²) in [6.07, 6.45) is 9.37. The summed E-state index contributed by atoms with van der Waals surface area (Å²) in [4.78, 5) is 14.2. The molecule has 8 nitrogen and oxygen atoms in total. The van der Waals surface area contributed by atoms with E-state index in [1.54, 1.807) is 6.26 Å². The monoisotopic (exact) mass is 400 g/mol. The van der Waals surface area contributed by atoms with Gasteiger partial charge in [0, 0.05) is 12.8 Å². The third kappa shape index (κ3) is 3.71. The summed E-state index contributed by atoms with van der Waals surface area (Å²) in [7, 11) is 0. The van der Waals surface area contributed by atoms with Crippen molar-refractivity contribution in [2.24, 2.45) is 11.8 Å². The summed E-state index contributed by atoms with van der Waals surface area (Å²) in [5.74, 6) is 1.44. The third-order valence-electron chi connectivity index (χ3n) is 7.26. The molecule has 0 radical (unpaired) electrons. The fraction of sp³-hybridized carbons (Fsp3) is 0.667. The number of hydrogen-bond donors (Lipinski definition) is 3. The summed E-state index contributed by atoms with van der Waals surface area (Å²) >= 11 is 0. The van der Waals surface area contributed by atoms with E-state index in [1.165, 1.54) is 4.90 Å². The van der Waals surface area contributed by atoms with Gasteiger partial charge in [0.2, 0.25) is 5.91 Å². The van der Waals surface area contributed by atoms with Crippen LogP contribution in [0.5, 0.6) is 0 Å². The molecule has 3 saturated heterocycles. The molecule has 4 aliphatic rings. The number of furan rings is 1. The molecule has 1 saturated carbocycles. The van der Waals surface area contributed by atoms with Crippen molar-refractivity contribution in [3.05, 3.63) is 36.0 Å². The Morgan fingerprint density at radius 1 is 1.41 bits per heavy atom. The number of carbonyl (C=O) groups excluding carboxylic acids is 1. The molecule has 1 amide bonds. The molecule has 3 aliphatic heterocycles. The summed E-state index contributed by atoms with van der Waals surface area (Å²) < 4.78 is 7.21. The Morgan fingerprint density at radius 3 is 3.00 bits per heavy atom. The van der Waals surface area contributed by atoms with Gasteiger partial charge in [0.05, 0.1) is 44.6 Å². The lowest BCUT2D eigenvalue weighted by Gasteiger charge is -2.46. The second-order valence-electron chi connectivity index (χ2n) is 9.06. The quantitative estimate of drug-likeness (QED) is 0.646. The Kier molecular flexibility index (Phi) is 4.91. The number of quaternary nitrogens is 1. The van der Waals surface area contributed by atoms with E-state index in [4.69, 9.17) is 4.42 Å². The number of hydrogen-bond acceptors (Lipinski definition) is 5. The van der Waals surface area contributed by atoms with Crippen molar-refractivity contribution < 1.29 is 19.2 Å². The van der Waals surface area contributed by atoms with E-state index in [9.17, 15) is 9.90 Å². The molecule has 2 aromatic heterocycles. The lowest BCUT2D eigenvalue weighted by atomic mass is 9.75. The van der Waals surface area contributed by atoms with E-state index in [0.717, 1.165) is 69.6 Å². The van der Waals surface area contributed by atoms with Crippen molar-refractivity contribution in [1.82, 2.24) is 20.3 Å². The van der Waals surface area contributed by atoms with Crippen molar-refractivity contribution in [2.75, 3.05) is 13.1 Å². The molecule has 2 bridgehead atoms. The van der Waals surface area contributed by atoms with Crippen LogP contribution in [-0.4, -0.2) is 45.1 Å². The standard InChI is InChI=1S/C21H29N5O3/c27-20(22-11-17-4-3-9-29-17)18-13-25-8-5-15(18)10-16(25)12-26-14-19(23-24-26)21(28)6-1-2-7-21/h3-4,9,14-16,18,28H,1-2,5-8,10-13H2,(H,22,27)/p+1/t15-,16+,18-/m0/s1. The van der Waals surface area contributed by atoms with Gasteiger partial charge in [-0.2, -0.15) is 0 Å². The van der Waals surface area contributed by atoms with Crippen LogP contribution in [0.25, 0.3) is 0 Å². The van der Waals surface area contributed by atoms with Crippen LogP contribution >= 0.6 is 0 Å². The number of piperidine rings is 3. The molecule has 2 aromatic rings. The number of carbonyl (C=O) groups is 1. The van der Waals surface area contributed by atoms with Crippen molar-refractivity contribution in [1.29, 1.82) is 0 Å². The largest absolute Gasteiger partial charge is 0.467 e. The lowest BCUT2D eigenvalue weighted by molar-refractivity contribution is -0.945. The zero-order valence-electron chi connectivity index (χ0n) is 16.7. The Bertz CT molecular complexity index is 842. The molecule has 156 valence electrons. The first kappa shape index (κ1) is 18.8. The normalized spacial score (nSPS) is 30.5. The van der Waals surface area contributed by atoms with Crippen LogP contribution < -0.4 is 10.2 Å². The average molecular weight is 401 g/mol. The zero-order chi connectivity index (χ0) is 19.8. The summed E-state index contributed by atoms with van der Waals surface area (Å²) in [5, 5.41) is 22.3. The van der Waals surface area contributed by atoms with Crippen molar-refractivity contribution in [3.63, 3.8) is 0 Å². The second-order valence-corrected chi connectivity index (χ2v) is 9.06. The molecular weight excluding hydrogens is 370 g/mol. The molecule has 4 fully saturated rings. The van der Waals surface area contributed by atoms with Crippen LogP contribution in [-0.2, 0) is 23.5 Å².